The molecule has 0 atom stereocenters. The van der Waals surface area contributed by atoms with Crippen LogP contribution < -0.4 is 15.8 Å². The quantitative estimate of drug-likeness (QED) is 0.222. The lowest BCUT2D eigenvalue weighted by molar-refractivity contribution is -0.274. The molecule has 0 saturated heterocycles. The largest absolute Gasteiger partial charge is 0.573 e. The molecule has 0 amide bonds. The molecule has 0 aliphatic rings. The molecule has 0 radical (unpaired) electrons. The van der Waals surface area contributed by atoms with Gasteiger partial charge in [-0.15, -0.1) is 37.1 Å². The normalized spacial score (nSPS) is 11.6. The lowest BCUT2D eigenvalue weighted by Gasteiger charge is -2.10. The molecule has 0 aliphatic carbocycles. The van der Waals surface area contributed by atoms with E-state index in [1.54, 1.807) is 0 Å². The maximum Gasteiger partial charge on any atom is 0.573 e. The Labute approximate surface area is 149 Å². The van der Waals surface area contributed by atoms with Crippen LogP contribution in [0.5, 0.6) is 5.75 Å². The average Bonchev–Trinajstić information content (AvgIpc) is 2.38. The van der Waals surface area contributed by atoms with E-state index < -0.39 is 6.36 Å². The van der Waals surface area contributed by atoms with Gasteiger partial charge in [-0.3, -0.25) is 4.99 Å². The third-order valence-corrected chi connectivity index (χ3v) is 2.23. The average molecular weight is 445 g/mol. The lowest BCUT2D eigenvalue weighted by Crippen LogP contribution is -2.23. The number of nitrogens with zero attached hydrogens (tertiary/aromatic N) is 1. The van der Waals surface area contributed by atoms with Gasteiger partial charge in [0.05, 0.1) is 19.8 Å². The van der Waals surface area contributed by atoms with Gasteiger partial charge >= 0.3 is 6.36 Å². The zero-order valence-electron chi connectivity index (χ0n) is 12.5. The molecule has 23 heavy (non-hydrogen) atoms. The van der Waals surface area contributed by atoms with Crippen LogP contribution in [-0.2, 0) is 4.74 Å². The van der Waals surface area contributed by atoms with E-state index in [0.29, 0.717) is 25.4 Å². The van der Waals surface area contributed by atoms with Crippen molar-refractivity contribution in [3.8, 4) is 5.75 Å². The van der Waals surface area contributed by atoms with Crippen molar-refractivity contribution >= 4 is 35.6 Å². The standard InChI is InChI=1S/C14H18F3N3O2.HI/c1-10(2)9-21-8-7-19-13(18)20-11-3-5-12(6-4-11)22-14(15,16)17;/h3-6H,1,7-9H2,2H3,(H3,18,19,20);1H. The Balaban J connectivity index is 0.00000484. The van der Waals surface area contributed by atoms with Crippen LogP contribution in [-0.4, -0.2) is 32.1 Å². The maximum atomic E-state index is 12.0. The maximum absolute atomic E-state index is 12.0. The van der Waals surface area contributed by atoms with Gasteiger partial charge in [-0.2, -0.15) is 0 Å². The fourth-order valence-corrected chi connectivity index (χ4v) is 1.40. The van der Waals surface area contributed by atoms with E-state index in [1.165, 1.54) is 24.3 Å². The van der Waals surface area contributed by atoms with Crippen LogP contribution in [0.2, 0.25) is 0 Å². The molecular formula is C14H19F3IN3O2. The molecule has 1 aromatic rings. The summed E-state index contributed by atoms with van der Waals surface area (Å²) in [5.74, 6) is -0.162. The minimum atomic E-state index is -4.71. The predicted octanol–water partition coefficient (Wildman–Crippen LogP) is 3.52. The molecule has 1 rings (SSSR count). The molecule has 0 unspecified atom stereocenters. The van der Waals surface area contributed by atoms with E-state index in [4.69, 9.17) is 10.5 Å². The van der Waals surface area contributed by atoms with Gasteiger partial charge < -0.3 is 20.5 Å². The number of guanidine groups is 1. The second-order valence-electron chi connectivity index (χ2n) is 4.47. The topological polar surface area (TPSA) is 68.9 Å². The lowest BCUT2D eigenvalue weighted by atomic mass is 10.3. The van der Waals surface area contributed by atoms with Gasteiger partial charge in [0, 0.05) is 5.69 Å². The number of anilines is 1. The first-order valence-corrected chi connectivity index (χ1v) is 6.41. The molecule has 0 heterocycles. The summed E-state index contributed by atoms with van der Waals surface area (Å²) in [6, 6.07) is 5.17. The Kier molecular flexibility index (Phi) is 9.65. The highest BCUT2D eigenvalue weighted by Crippen LogP contribution is 2.23. The Morgan fingerprint density at radius 3 is 2.43 bits per heavy atom. The van der Waals surface area contributed by atoms with Gasteiger partial charge in [-0.25, -0.2) is 0 Å². The first kappa shape index (κ1) is 21.5. The van der Waals surface area contributed by atoms with Crippen molar-refractivity contribution in [2.45, 2.75) is 13.3 Å². The summed E-state index contributed by atoms with van der Waals surface area (Å²) in [7, 11) is 0. The summed E-state index contributed by atoms with van der Waals surface area (Å²) in [6.07, 6.45) is -4.71. The summed E-state index contributed by atoms with van der Waals surface area (Å²) >= 11 is 0. The van der Waals surface area contributed by atoms with Crippen LogP contribution in [0.3, 0.4) is 0 Å². The second kappa shape index (κ2) is 10.3. The van der Waals surface area contributed by atoms with E-state index in [9.17, 15) is 13.2 Å². The predicted molar refractivity (Wildman–Crippen MR) is 94.3 cm³/mol. The van der Waals surface area contributed by atoms with Gasteiger partial charge in [0.1, 0.15) is 5.75 Å². The molecule has 0 spiro atoms. The van der Waals surface area contributed by atoms with Gasteiger partial charge in [0.15, 0.2) is 5.96 Å². The highest BCUT2D eigenvalue weighted by molar-refractivity contribution is 14.0. The Morgan fingerprint density at radius 2 is 1.91 bits per heavy atom. The number of benzene rings is 1. The van der Waals surface area contributed by atoms with Crippen LogP contribution in [0, 0.1) is 0 Å². The van der Waals surface area contributed by atoms with Crippen LogP contribution >= 0.6 is 24.0 Å². The fraction of sp³-hybridized carbons (Fsp3) is 0.357. The van der Waals surface area contributed by atoms with Crippen molar-refractivity contribution in [1.82, 2.24) is 0 Å². The Hall–Kier alpha value is -1.49. The van der Waals surface area contributed by atoms with Gasteiger partial charge in [0.25, 0.3) is 0 Å². The minimum absolute atomic E-state index is 0. The summed E-state index contributed by atoms with van der Waals surface area (Å²) in [4.78, 5) is 4.02. The number of nitrogens with one attached hydrogen (secondary N) is 1. The summed E-state index contributed by atoms with van der Waals surface area (Å²) in [5, 5.41) is 2.75. The Bertz CT molecular complexity index is 519. The smallest absolute Gasteiger partial charge is 0.406 e. The van der Waals surface area contributed by atoms with Crippen LogP contribution in [0.15, 0.2) is 41.4 Å². The Morgan fingerprint density at radius 1 is 1.30 bits per heavy atom. The molecule has 0 aromatic heterocycles. The summed E-state index contributed by atoms with van der Waals surface area (Å²) in [6.45, 7) is 6.77. The van der Waals surface area contributed by atoms with Crippen molar-refractivity contribution in [2.24, 2.45) is 10.7 Å². The van der Waals surface area contributed by atoms with Crippen molar-refractivity contribution in [3.05, 3.63) is 36.4 Å². The molecule has 5 nitrogen and oxygen atoms in total. The van der Waals surface area contributed by atoms with E-state index >= 15 is 0 Å². The first-order chi connectivity index (χ1) is 10.3. The first-order valence-electron chi connectivity index (χ1n) is 6.41. The van der Waals surface area contributed by atoms with Crippen molar-refractivity contribution < 1.29 is 22.6 Å². The van der Waals surface area contributed by atoms with Gasteiger partial charge in [-0.1, -0.05) is 12.2 Å². The molecular weight excluding hydrogens is 426 g/mol. The number of nitrogens with two attached hydrogens (primary N) is 1. The van der Waals surface area contributed by atoms with Crippen molar-refractivity contribution in [3.63, 3.8) is 0 Å². The number of halogens is 4. The highest BCUT2D eigenvalue weighted by atomic mass is 127. The van der Waals surface area contributed by atoms with E-state index in [0.717, 1.165) is 5.57 Å². The van der Waals surface area contributed by atoms with Crippen molar-refractivity contribution in [2.75, 3.05) is 25.1 Å². The third-order valence-electron chi connectivity index (χ3n) is 2.23. The molecule has 0 bridgehead atoms. The summed E-state index contributed by atoms with van der Waals surface area (Å²) < 4.78 is 45.0. The van der Waals surface area contributed by atoms with Gasteiger partial charge in [0.2, 0.25) is 0 Å². The third kappa shape index (κ3) is 10.8. The van der Waals surface area contributed by atoms with E-state index in [1.807, 2.05) is 6.92 Å². The number of hydrogen-bond donors (Lipinski definition) is 2. The number of ether oxygens (including phenoxy) is 2. The van der Waals surface area contributed by atoms with Crippen LogP contribution in [0.1, 0.15) is 6.92 Å². The molecule has 0 fully saturated rings. The molecule has 1 aromatic carbocycles. The zero-order chi connectivity index (χ0) is 16.6. The molecule has 130 valence electrons. The monoisotopic (exact) mass is 445 g/mol. The fourth-order valence-electron chi connectivity index (χ4n) is 1.40. The van der Waals surface area contributed by atoms with E-state index in [2.05, 4.69) is 21.6 Å². The van der Waals surface area contributed by atoms with Gasteiger partial charge in [-0.05, 0) is 31.2 Å². The number of aliphatic imine (C=N–C) groups is 1. The minimum Gasteiger partial charge on any atom is -0.406 e. The van der Waals surface area contributed by atoms with Crippen LogP contribution in [0.4, 0.5) is 18.9 Å². The number of rotatable bonds is 7. The number of alkyl halides is 3. The van der Waals surface area contributed by atoms with Crippen molar-refractivity contribution in [1.29, 1.82) is 0 Å². The summed E-state index contributed by atoms with van der Waals surface area (Å²) in [5.41, 5.74) is 7.05. The molecule has 9 heteroatoms. The SMILES string of the molecule is C=C(C)COCCN=C(N)Nc1ccc(OC(F)(F)F)cc1.I. The van der Waals surface area contributed by atoms with E-state index in [-0.39, 0.29) is 35.7 Å². The number of hydrogen-bond acceptors (Lipinski definition) is 3. The molecule has 0 saturated carbocycles. The molecule has 0 aliphatic heterocycles. The second-order valence-corrected chi connectivity index (χ2v) is 4.47. The highest BCUT2D eigenvalue weighted by Gasteiger charge is 2.30. The van der Waals surface area contributed by atoms with Crippen LogP contribution in [0.25, 0.3) is 0 Å². The molecule has 3 N–H and O–H groups in total. The zero-order valence-corrected chi connectivity index (χ0v) is 14.9.